The summed E-state index contributed by atoms with van der Waals surface area (Å²) in [5.74, 6) is -0.668. The highest BCUT2D eigenvalue weighted by Gasteiger charge is 2.11. The number of hydrogen-bond donors (Lipinski definition) is 3. The van der Waals surface area contributed by atoms with E-state index in [0.717, 1.165) is 6.07 Å². The maximum atomic E-state index is 12.9. The molecule has 0 radical (unpaired) electrons. The van der Waals surface area contributed by atoms with Gasteiger partial charge in [-0.15, -0.1) is 0 Å². The zero-order chi connectivity index (χ0) is 15.8. The number of rotatable bonds is 8. The SMILES string of the molecule is COCC(O)CN(C)CCC(=O)Nc1ccc(F)cc1N. The minimum atomic E-state index is -0.587. The van der Waals surface area contributed by atoms with Crippen molar-refractivity contribution < 1.29 is 19.0 Å². The van der Waals surface area contributed by atoms with Crippen molar-refractivity contribution in [3.05, 3.63) is 24.0 Å². The van der Waals surface area contributed by atoms with E-state index in [4.69, 9.17) is 10.5 Å². The average molecular weight is 299 g/mol. The Labute approximate surface area is 123 Å². The number of aliphatic hydroxyl groups is 1. The van der Waals surface area contributed by atoms with Crippen molar-refractivity contribution in [3.63, 3.8) is 0 Å². The molecule has 7 heteroatoms. The molecule has 0 aliphatic carbocycles. The first kappa shape index (κ1) is 17.4. The fourth-order valence-corrected chi connectivity index (χ4v) is 1.85. The number of nitrogens with two attached hydrogens (primary N) is 1. The predicted octanol–water partition coefficient (Wildman–Crippen LogP) is 0.676. The van der Waals surface area contributed by atoms with Crippen molar-refractivity contribution in [3.8, 4) is 0 Å². The van der Waals surface area contributed by atoms with Crippen LogP contribution in [0.1, 0.15) is 6.42 Å². The molecule has 0 spiro atoms. The fraction of sp³-hybridized carbons (Fsp3) is 0.500. The molecule has 0 heterocycles. The third kappa shape index (κ3) is 6.52. The number of carbonyl (C=O) groups is 1. The van der Waals surface area contributed by atoms with E-state index < -0.39 is 11.9 Å². The molecule has 0 bridgehead atoms. The number of benzene rings is 1. The van der Waals surface area contributed by atoms with Gasteiger partial charge in [-0.3, -0.25) is 4.79 Å². The molecule has 1 aromatic carbocycles. The second-order valence-corrected chi connectivity index (χ2v) is 4.90. The number of amides is 1. The van der Waals surface area contributed by atoms with E-state index in [9.17, 15) is 14.3 Å². The number of hydrogen-bond acceptors (Lipinski definition) is 5. The molecule has 1 aromatic rings. The normalized spacial score (nSPS) is 12.4. The Balaban J connectivity index is 2.37. The molecular formula is C14H22FN3O3. The minimum absolute atomic E-state index is 0.187. The number of methoxy groups -OCH3 is 1. The van der Waals surface area contributed by atoms with Crippen LogP contribution in [0.5, 0.6) is 0 Å². The molecule has 0 saturated carbocycles. The maximum Gasteiger partial charge on any atom is 0.225 e. The van der Waals surface area contributed by atoms with Crippen molar-refractivity contribution in [2.45, 2.75) is 12.5 Å². The lowest BCUT2D eigenvalue weighted by atomic mass is 10.2. The molecule has 0 saturated heterocycles. The summed E-state index contributed by atoms with van der Waals surface area (Å²) in [4.78, 5) is 13.6. The van der Waals surface area contributed by atoms with Crippen LogP contribution in [0.25, 0.3) is 0 Å². The molecule has 1 unspecified atom stereocenters. The van der Waals surface area contributed by atoms with Gasteiger partial charge in [0.15, 0.2) is 0 Å². The van der Waals surface area contributed by atoms with Gasteiger partial charge in [-0.25, -0.2) is 4.39 Å². The third-order valence-corrected chi connectivity index (χ3v) is 2.89. The quantitative estimate of drug-likeness (QED) is 0.614. The number of aliphatic hydroxyl groups excluding tert-OH is 1. The number of anilines is 2. The molecule has 21 heavy (non-hydrogen) atoms. The topological polar surface area (TPSA) is 87.8 Å². The summed E-state index contributed by atoms with van der Waals surface area (Å²) in [5, 5.41) is 12.2. The Hall–Kier alpha value is -1.70. The van der Waals surface area contributed by atoms with Gasteiger partial charge in [0.1, 0.15) is 5.82 Å². The first-order valence-corrected chi connectivity index (χ1v) is 6.62. The molecule has 4 N–H and O–H groups in total. The number of halogens is 1. The van der Waals surface area contributed by atoms with Gasteiger partial charge in [0, 0.05) is 26.6 Å². The van der Waals surface area contributed by atoms with E-state index in [1.54, 1.807) is 7.05 Å². The summed E-state index contributed by atoms with van der Waals surface area (Å²) in [6.07, 6.45) is -0.344. The smallest absolute Gasteiger partial charge is 0.225 e. The molecule has 0 aliphatic rings. The number of carbonyl (C=O) groups excluding carboxylic acids is 1. The Morgan fingerprint density at radius 2 is 2.29 bits per heavy atom. The maximum absolute atomic E-state index is 12.9. The van der Waals surface area contributed by atoms with Crippen LogP contribution in [0.15, 0.2) is 18.2 Å². The van der Waals surface area contributed by atoms with Gasteiger partial charge >= 0.3 is 0 Å². The Morgan fingerprint density at radius 1 is 1.57 bits per heavy atom. The number of ether oxygens (including phenoxy) is 1. The molecule has 0 aromatic heterocycles. The minimum Gasteiger partial charge on any atom is -0.397 e. The van der Waals surface area contributed by atoms with E-state index in [1.807, 2.05) is 4.90 Å². The van der Waals surface area contributed by atoms with Crippen LogP contribution in [0.3, 0.4) is 0 Å². The molecule has 0 fully saturated rings. The zero-order valence-corrected chi connectivity index (χ0v) is 12.3. The summed E-state index contributed by atoms with van der Waals surface area (Å²) < 4.78 is 17.7. The molecule has 0 aliphatic heterocycles. The molecule has 118 valence electrons. The van der Waals surface area contributed by atoms with Gasteiger partial charge in [0.2, 0.25) is 5.91 Å². The fourth-order valence-electron chi connectivity index (χ4n) is 1.85. The number of nitrogens with zero attached hydrogens (tertiary/aromatic N) is 1. The van der Waals surface area contributed by atoms with Crippen LogP contribution in [0, 0.1) is 5.82 Å². The van der Waals surface area contributed by atoms with Crippen LogP contribution in [-0.2, 0) is 9.53 Å². The van der Waals surface area contributed by atoms with Crippen molar-refractivity contribution in [2.24, 2.45) is 0 Å². The monoisotopic (exact) mass is 299 g/mol. The highest BCUT2D eigenvalue weighted by Crippen LogP contribution is 2.19. The predicted molar refractivity (Wildman–Crippen MR) is 79.4 cm³/mol. The molecular weight excluding hydrogens is 277 g/mol. The van der Waals surface area contributed by atoms with E-state index in [1.165, 1.54) is 19.2 Å². The number of nitrogen functional groups attached to an aromatic ring is 1. The van der Waals surface area contributed by atoms with Crippen LogP contribution in [-0.4, -0.2) is 55.9 Å². The highest BCUT2D eigenvalue weighted by molar-refractivity contribution is 5.93. The van der Waals surface area contributed by atoms with Crippen molar-refractivity contribution in [1.29, 1.82) is 0 Å². The van der Waals surface area contributed by atoms with E-state index in [2.05, 4.69) is 5.32 Å². The third-order valence-electron chi connectivity index (χ3n) is 2.89. The van der Waals surface area contributed by atoms with Gasteiger partial charge in [-0.2, -0.15) is 0 Å². The van der Waals surface area contributed by atoms with E-state index in [-0.39, 0.29) is 24.6 Å². The lowest BCUT2D eigenvalue weighted by Gasteiger charge is -2.19. The van der Waals surface area contributed by atoms with Crippen LogP contribution in [0.4, 0.5) is 15.8 Å². The number of nitrogens with one attached hydrogen (secondary N) is 1. The van der Waals surface area contributed by atoms with E-state index >= 15 is 0 Å². The Morgan fingerprint density at radius 3 is 2.90 bits per heavy atom. The van der Waals surface area contributed by atoms with Gasteiger partial charge in [0.05, 0.1) is 24.1 Å². The standard InChI is InChI=1S/C14H22FN3O3/c1-18(8-11(19)9-21-2)6-5-14(20)17-13-4-3-10(15)7-12(13)16/h3-4,7,11,19H,5-6,8-9,16H2,1-2H3,(H,17,20). The lowest BCUT2D eigenvalue weighted by Crippen LogP contribution is -2.33. The summed E-state index contributed by atoms with van der Waals surface area (Å²) in [5.41, 5.74) is 6.19. The van der Waals surface area contributed by atoms with Gasteiger partial charge < -0.3 is 25.8 Å². The van der Waals surface area contributed by atoms with Crippen LogP contribution in [0.2, 0.25) is 0 Å². The Bertz CT molecular complexity index is 471. The second kappa shape index (κ2) is 8.56. The summed E-state index contributed by atoms with van der Waals surface area (Å²) in [6.45, 7) is 1.15. The molecule has 1 amide bonds. The van der Waals surface area contributed by atoms with Gasteiger partial charge in [-0.05, 0) is 25.2 Å². The van der Waals surface area contributed by atoms with Gasteiger partial charge in [0.25, 0.3) is 0 Å². The summed E-state index contributed by atoms with van der Waals surface area (Å²) in [7, 11) is 3.32. The molecule has 6 nitrogen and oxygen atoms in total. The van der Waals surface area contributed by atoms with Gasteiger partial charge in [-0.1, -0.05) is 0 Å². The average Bonchev–Trinajstić information content (AvgIpc) is 2.40. The molecule has 1 rings (SSSR count). The zero-order valence-electron chi connectivity index (χ0n) is 12.3. The number of likely N-dealkylation sites (N-methyl/N-ethyl adjacent to an activating group) is 1. The first-order valence-electron chi connectivity index (χ1n) is 6.62. The summed E-state index contributed by atoms with van der Waals surface area (Å²) in [6, 6.07) is 3.82. The van der Waals surface area contributed by atoms with Crippen molar-refractivity contribution in [1.82, 2.24) is 4.90 Å². The Kier molecular flexibility index (Phi) is 7.07. The summed E-state index contributed by atoms with van der Waals surface area (Å²) >= 11 is 0. The second-order valence-electron chi connectivity index (χ2n) is 4.90. The van der Waals surface area contributed by atoms with Crippen LogP contribution < -0.4 is 11.1 Å². The van der Waals surface area contributed by atoms with Crippen LogP contribution >= 0.6 is 0 Å². The highest BCUT2D eigenvalue weighted by atomic mass is 19.1. The molecule has 1 atom stereocenters. The lowest BCUT2D eigenvalue weighted by molar-refractivity contribution is -0.116. The largest absolute Gasteiger partial charge is 0.397 e. The van der Waals surface area contributed by atoms with Crippen molar-refractivity contribution in [2.75, 3.05) is 44.9 Å². The van der Waals surface area contributed by atoms with E-state index in [0.29, 0.717) is 18.8 Å². The first-order chi connectivity index (χ1) is 9.92. The van der Waals surface area contributed by atoms with Crippen molar-refractivity contribution >= 4 is 17.3 Å².